The van der Waals surface area contributed by atoms with Gasteiger partial charge in [-0.25, -0.2) is 9.78 Å². The van der Waals surface area contributed by atoms with Gasteiger partial charge in [-0.3, -0.25) is 14.2 Å². The van der Waals surface area contributed by atoms with Gasteiger partial charge in [-0.15, -0.1) is 11.3 Å². The highest BCUT2D eigenvalue weighted by Gasteiger charge is 2.17. The number of fused-ring (bicyclic) bond motifs is 2. The van der Waals surface area contributed by atoms with E-state index in [0.717, 1.165) is 23.5 Å². The van der Waals surface area contributed by atoms with E-state index < -0.39 is 5.97 Å². The number of ether oxygens (including phenoxy) is 1. The largest absolute Gasteiger partial charge is 0.462 e. The summed E-state index contributed by atoms with van der Waals surface area (Å²) in [5.74, 6) is 0.360. The van der Waals surface area contributed by atoms with E-state index in [1.807, 2.05) is 11.4 Å². The summed E-state index contributed by atoms with van der Waals surface area (Å²) < 4.78 is 6.97. The number of benzene rings is 1. The van der Waals surface area contributed by atoms with Crippen molar-refractivity contribution in [2.75, 3.05) is 6.61 Å². The second-order valence-electron chi connectivity index (χ2n) is 6.46. The van der Waals surface area contributed by atoms with Gasteiger partial charge in [0.1, 0.15) is 5.82 Å². The molecule has 0 unspecified atom stereocenters. The number of hydrogen-bond acceptors (Lipinski definition) is 6. The van der Waals surface area contributed by atoms with Crippen molar-refractivity contribution in [2.45, 2.75) is 32.2 Å². The molecule has 1 aliphatic heterocycles. The summed E-state index contributed by atoms with van der Waals surface area (Å²) in [6, 6.07) is 8.46. The minimum atomic E-state index is -0.470. The van der Waals surface area contributed by atoms with Gasteiger partial charge in [-0.2, -0.15) is 0 Å². The molecule has 7 heteroatoms. The first kappa shape index (κ1) is 17.6. The molecule has 3 aromatic rings. The van der Waals surface area contributed by atoms with Crippen LogP contribution in [0.25, 0.3) is 10.9 Å². The van der Waals surface area contributed by atoms with Gasteiger partial charge in [0.15, 0.2) is 5.78 Å². The molecule has 0 atom stereocenters. The van der Waals surface area contributed by atoms with Gasteiger partial charge >= 0.3 is 5.97 Å². The Labute approximate surface area is 159 Å². The van der Waals surface area contributed by atoms with Crippen molar-refractivity contribution >= 4 is 34.0 Å². The summed E-state index contributed by atoms with van der Waals surface area (Å²) >= 11 is 1.41. The van der Waals surface area contributed by atoms with Crippen molar-refractivity contribution in [3.8, 4) is 0 Å². The highest BCUT2D eigenvalue weighted by Crippen LogP contribution is 2.17. The van der Waals surface area contributed by atoms with Crippen LogP contribution in [0.15, 0.2) is 40.5 Å². The van der Waals surface area contributed by atoms with E-state index in [9.17, 15) is 14.4 Å². The van der Waals surface area contributed by atoms with Crippen molar-refractivity contribution in [1.82, 2.24) is 9.55 Å². The van der Waals surface area contributed by atoms with Gasteiger partial charge in [-0.05, 0) is 42.5 Å². The topological polar surface area (TPSA) is 78.3 Å². The number of nitrogens with zero attached hydrogens (tertiary/aromatic N) is 2. The fourth-order valence-corrected chi connectivity index (χ4v) is 3.95. The lowest BCUT2D eigenvalue weighted by molar-refractivity contribution is 0.0494. The maximum absolute atomic E-state index is 12.4. The molecule has 0 aliphatic carbocycles. The molecule has 0 spiro atoms. The van der Waals surface area contributed by atoms with E-state index in [1.165, 1.54) is 11.3 Å². The van der Waals surface area contributed by atoms with Gasteiger partial charge in [0.05, 0.1) is 28.0 Å². The molecule has 3 heterocycles. The van der Waals surface area contributed by atoms with Crippen LogP contribution >= 0.6 is 11.3 Å². The molecule has 138 valence electrons. The molecule has 0 saturated carbocycles. The highest BCUT2D eigenvalue weighted by atomic mass is 32.1. The molecule has 0 fully saturated rings. The van der Waals surface area contributed by atoms with Crippen LogP contribution in [0, 0.1) is 0 Å². The molecule has 1 aliphatic rings. The van der Waals surface area contributed by atoms with Crippen molar-refractivity contribution in [1.29, 1.82) is 0 Å². The first-order valence-corrected chi connectivity index (χ1v) is 9.79. The van der Waals surface area contributed by atoms with Gasteiger partial charge < -0.3 is 4.74 Å². The van der Waals surface area contributed by atoms with Gasteiger partial charge in [-0.1, -0.05) is 6.07 Å². The van der Waals surface area contributed by atoms with Gasteiger partial charge in [0.25, 0.3) is 5.56 Å². The Kier molecular flexibility index (Phi) is 4.85. The van der Waals surface area contributed by atoms with Crippen molar-refractivity contribution in [2.24, 2.45) is 0 Å². The maximum atomic E-state index is 12.4. The van der Waals surface area contributed by atoms with Crippen LogP contribution in [-0.4, -0.2) is 27.9 Å². The molecule has 2 aromatic heterocycles. The minimum Gasteiger partial charge on any atom is -0.462 e. The third-order valence-electron chi connectivity index (χ3n) is 4.63. The quantitative estimate of drug-likeness (QED) is 0.372. The number of Topliss-reactive ketones (excluding diaryl/α,β-unsaturated/α-hetero) is 1. The summed E-state index contributed by atoms with van der Waals surface area (Å²) in [6.07, 6.45) is 2.51. The Bertz CT molecular complexity index is 1070. The number of rotatable bonds is 6. The summed E-state index contributed by atoms with van der Waals surface area (Å²) in [6.45, 7) is 0.874. The number of thiophene rings is 1. The average Bonchev–Trinajstić information content (AvgIpc) is 3.36. The summed E-state index contributed by atoms with van der Waals surface area (Å²) in [7, 11) is 0. The zero-order chi connectivity index (χ0) is 18.8. The number of aryl methyl sites for hydroxylation is 1. The normalized spacial score (nSPS) is 12.9. The highest BCUT2D eigenvalue weighted by molar-refractivity contribution is 7.12. The van der Waals surface area contributed by atoms with Crippen LogP contribution in [0.2, 0.25) is 0 Å². The molecule has 1 aromatic carbocycles. The van der Waals surface area contributed by atoms with Gasteiger partial charge in [0, 0.05) is 19.4 Å². The second kappa shape index (κ2) is 7.44. The Morgan fingerprint density at radius 1 is 1.26 bits per heavy atom. The predicted molar refractivity (Wildman–Crippen MR) is 102 cm³/mol. The molecular formula is C20H18N2O4S. The van der Waals surface area contributed by atoms with E-state index in [2.05, 4.69) is 4.98 Å². The maximum Gasteiger partial charge on any atom is 0.338 e. The van der Waals surface area contributed by atoms with Crippen LogP contribution < -0.4 is 5.56 Å². The first-order valence-electron chi connectivity index (χ1n) is 8.91. The van der Waals surface area contributed by atoms with Crippen molar-refractivity contribution < 1.29 is 14.3 Å². The first-order chi connectivity index (χ1) is 13.1. The Morgan fingerprint density at radius 2 is 2.15 bits per heavy atom. The molecule has 0 saturated heterocycles. The van der Waals surface area contributed by atoms with Crippen molar-refractivity contribution in [3.05, 3.63) is 62.3 Å². The number of ketones is 1. The Hall–Kier alpha value is -2.80. The summed E-state index contributed by atoms with van der Waals surface area (Å²) in [4.78, 5) is 41.9. The standard InChI is InChI=1S/C20H18N2O4S/c23-16(17-5-3-11-27-17)4-2-10-26-20(25)13-7-8-14-15(12-13)21-18-6-1-9-22(18)19(14)24/h3,5,7-8,11-12H,1-2,4,6,9-10H2. The lowest BCUT2D eigenvalue weighted by atomic mass is 10.1. The molecule has 0 bridgehead atoms. The Balaban J connectivity index is 1.40. The van der Waals surface area contributed by atoms with Crippen LogP contribution in [0.5, 0.6) is 0 Å². The van der Waals surface area contributed by atoms with Crippen LogP contribution in [0.3, 0.4) is 0 Å². The average molecular weight is 382 g/mol. The molecule has 4 rings (SSSR count). The number of aromatic nitrogens is 2. The second-order valence-corrected chi connectivity index (χ2v) is 7.41. The Morgan fingerprint density at radius 3 is 2.96 bits per heavy atom. The molecule has 27 heavy (non-hydrogen) atoms. The zero-order valence-electron chi connectivity index (χ0n) is 14.6. The predicted octanol–water partition coefficient (Wildman–Crippen LogP) is 3.22. The van der Waals surface area contributed by atoms with E-state index in [1.54, 1.807) is 28.8 Å². The minimum absolute atomic E-state index is 0.0560. The summed E-state index contributed by atoms with van der Waals surface area (Å²) in [5.41, 5.74) is 0.830. The molecule has 0 radical (unpaired) electrons. The smallest absolute Gasteiger partial charge is 0.338 e. The van der Waals surface area contributed by atoms with Gasteiger partial charge in [0.2, 0.25) is 0 Å². The molecule has 0 N–H and O–H groups in total. The van der Waals surface area contributed by atoms with E-state index >= 15 is 0 Å². The van der Waals surface area contributed by atoms with E-state index in [-0.39, 0.29) is 17.9 Å². The van der Waals surface area contributed by atoms with Crippen LogP contribution in [0.4, 0.5) is 0 Å². The number of hydrogen-bond donors (Lipinski definition) is 0. The van der Waals surface area contributed by atoms with E-state index in [4.69, 9.17) is 4.74 Å². The molecule has 0 amide bonds. The third kappa shape index (κ3) is 3.55. The lowest BCUT2D eigenvalue weighted by Gasteiger charge is -2.07. The summed E-state index contributed by atoms with van der Waals surface area (Å²) in [5, 5.41) is 2.38. The van der Waals surface area contributed by atoms with Crippen LogP contribution in [0.1, 0.15) is 45.1 Å². The lowest BCUT2D eigenvalue weighted by Crippen LogP contribution is -2.21. The van der Waals surface area contributed by atoms with Crippen molar-refractivity contribution in [3.63, 3.8) is 0 Å². The van der Waals surface area contributed by atoms with Crippen LogP contribution in [-0.2, 0) is 17.7 Å². The fraction of sp³-hybridized carbons (Fsp3) is 0.300. The molecular weight excluding hydrogens is 364 g/mol. The third-order valence-corrected chi connectivity index (χ3v) is 5.54. The SMILES string of the molecule is O=C(OCCCC(=O)c1cccs1)c1ccc2c(=O)n3c(nc2c1)CCC3. The van der Waals surface area contributed by atoms with E-state index in [0.29, 0.717) is 35.9 Å². The zero-order valence-corrected chi connectivity index (χ0v) is 15.5. The number of esters is 1. The number of carbonyl (C=O) groups excluding carboxylic acids is 2. The monoisotopic (exact) mass is 382 g/mol. The molecule has 6 nitrogen and oxygen atoms in total. The number of carbonyl (C=O) groups is 2. The fourth-order valence-electron chi connectivity index (χ4n) is 3.25.